The molecule has 0 amide bonds. The van der Waals surface area contributed by atoms with E-state index in [1.54, 1.807) is 0 Å². The molecule has 0 saturated heterocycles. The van der Waals surface area contributed by atoms with Crippen LogP contribution in [0.4, 0.5) is 0 Å². The van der Waals surface area contributed by atoms with Gasteiger partial charge >= 0.3 is 0 Å². The molecular weight excluding hydrogens is 268 g/mol. The third-order valence-corrected chi connectivity index (χ3v) is 5.19. The van der Waals surface area contributed by atoms with Gasteiger partial charge in [-0.25, -0.2) is 0 Å². The summed E-state index contributed by atoms with van der Waals surface area (Å²) < 4.78 is 6.14. The first kappa shape index (κ1) is 12.3. The fourth-order valence-electron chi connectivity index (χ4n) is 4.14. The van der Waals surface area contributed by atoms with Crippen LogP contribution >= 0.6 is 0 Å². The first-order chi connectivity index (χ1) is 10.9. The van der Waals surface area contributed by atoms with E-state index >= 15 is 0 Å². The average molecular weight is 286 g/mol. The standard InChI is InChI=1S/C21H18O/c1-3-7-17-14(5-1)9-10-16-13-22-19-12-11-15-6-2-4-8-18(15)21(19)20(16)17/h1-8H,9-13H2. The zero-order chi connectivity index (χ0) is 14.5. The zero-order valence-electron chi connectivity index (χ0n) is 12.6. The SMILES string of the molecule is c1ccc2c(c1)CCC1=C2C2=C(CCc3ccccc32)OC1. The molecular formula is C21H18O. The van der Waals surface area contributed by atoms with Gasteiger partial charge in [-0.1, -0.05) is 48.5 Å². The van der Waals surface area contributed by atoms with E-state index in [-0.39, 0.29) is 0 Å². The molecule has 2 aromatic carbocycles. The number of benzene rings is 2. The minimum atomic E-state index is 0.782. The van der Waals surface area contributed by atoms with Crippen LogP contribution in [0.5, 0.6) is 0 Å². The summed E-state index contributed by atoms with van der Waals surface area (Å²) in [4.78, 5) is 0. The van der Waals surface area contributed by atoms with Gasteiger partial charge in [0, 0.05) is 12.0 Å². The molecule has 0 saturated carbocycles. The fourth-order valence-corrected chi connectivity index (χ4v) is 4.14. The average Bonchev–Trinajstić information content (AvgIpc) is 2.60. The Morgan fingerprint density at radius 2 is 1.27 bits per heavy atom. The molecule has 0 bridgehead atoms. The Labute approximate surface area is 130 Å². The van der Waals surface area contributed by atoms with Gasteiger partial charge < -0.3 is 4.74 Å². The van der Waals surface area contributed by atoms with Crippen molar-refractivity contribution in [1.82, 2.24) is 0 Å². The number of ether oxygens (including phenoxy) is 1. The van der Waals surface area contributed by atoms with E-state index in [9.17, 15) is 0 Å². The van der Waals surface area contributed by atoms with Crippen molar-refractivity contribution in [3.05, 3.63) is 82.1 Å². The smallest absolute Gasteiger partial charge is 0.110 e. The van der Waals surface area contributed by atoms with E-state index in [0.29, 0.717) is 0 Å². The van der Waals surface area contributed by atoms with Gasteiger partial charge in [-0.2, -0.15) is 0 Å². The predicted octanol–water partition coefficient (Wildman–Crippen LogP) is 4.77. The van der Waals surface area contributed by atoms with E-state index in [1.807, 2.05) is 0 Å². The highest BCUT2D eigenvalue weighted by Gasteiger charge is 2.31. The maximum Gasteiger partial charge on any atom is 0.110 e. The molecule has 1 nitrogen and oxygen atoms in total. The second-order valence-corrected chi connectivity index (χ2v) is 6.38. The predicted molar refractivity (Wildman–Crippen MR) is 89.3 cm³/mol. The summed E-state index contributed by atoms with van der Waals surface area (Å²) in [6, 6.07) is 17.7. The largest absolute Gasteiger partial charge is 0.493 e. The molecule has 0 aromatic heterocycles. The van der Waals surface area contributed by atoms with Crippen LogP contribution in [0.2, 0.25) is 0 Å². The third kappa shape index (κ3) is 1.65. The van der Waals surface area contributed by atoms with E-state index in [2.05, 4.69) is 48.5 Å². The first-order valence-electron chi connectivity index (χ1n) is 8.17. The molecule has 1 heteroatoms. The van der Waals surface area contributed by atoms with Gasteiger partial charge in [-0.15, -0.1) is 0 Å². The molecule has 108 valence electrons. The second kappa shape index (κ2) is 4.61. The topological polar surface area (TPSA) is 9.23 Å². The highest BCUT2D eigenvalue weighted by atomic mass is 16.5. The van der Waals surface area contributed by atoms with Crippen molar-refractivity contribution in [1.29, 1.82) is 0 Å². The normalized spacial score (nSPS) is 18.9. The van der Waals surface area contributed by atoms with E-state index in [0.717, 1.165) is 32.3 Å². The Morgan fingerprint density at radius 1 is 0.636 bits per heavy atom. The van der Waals surface area contributed by atoms with Crippen LogP contribution in [-0.2, 0) is 17.6 Å². The number of hydrogen-bond donors (Lipinski definition) is 0. The van der Waals surface area contributed by atoms with Crippen molar-refractivity contribution in [2.24, 2.45) is 0 Å². The summed E-state index contributed by atoms with van der Waals surface area (Å²) in [5, 5.41) is 0. The Balaban J connectivity index is 1.79. The maximum atomic E-state index is 6.14. The molecule has 2 aliphatic carbocycles. The van der Waals surface area contributed by atoms with E-state index < -0.39 is 0 Å². The Hall–Kier alpha value is -2.28. The van der Waals surface area contributed by atoms with Crippen molar-refractivity contribution >= 4 is 11.1 Å². The third-order valence-electron chi connectivity index (χ3n) is 5.19. The molecule has 1 heterocycles. The monoisotopic (exact) mass is 286 g/mol. The van der Waals surface area contributed by atoms with Crippen molar-refractivity contribution < 1.29 is 4.74 Å². The van der Waals surface area contributed by atoms with Gasteiger partial charge in [0.15, 0.2) is 0 Å². The lowest BCUT2D eigenvalue weighted by Gasteiger charge is -2.34. The number of hydrogen-bond acceptors (Lipinski definition) is 1. The molecule has 0 spiro atoms. The summed E-state index contributed by atoms with van der Waals surface area (Å²) in [5.74, 6) is 1.20. The molecule has 3 aliphatic rings. The van der Waals surface area contributed by atoms with Gasteiger partial charge in [-0.3, -0.25) is 0 Å². The Morgan fingerprint density at radius 3 is 2.05 bits per heavy atom. The summed E-state index contributed by atoms with van der Waals surface area (Å²) in [7, 11) is 0. The molecule has 0 fully saturated rings. The van der Waals surface area contributed by atoms with Crippen LogP contribution in [0.25, 0.3) is 11.1 Å². The zero-order valence-corrected chi connectivity index (χ0v) is 12.6. The van der Waals surface area contributed by atoms with Gasteiger partial charge in [-0.05, 0) is 52.7 Å². The molecule has 0 radical (unpaired) electrons. The van der Waals surface area contributed by atoms with Gasteiger partial charge in [0.2, 0.25) is 0 Å². The molecule has 2 aromatic rings. The number of aryl methyl sites for hydroxylation is 2. The fraction of sp³-hybridized carbons (Fsp3) is 0.238. The maximum absolute atomic E-state index is 6.14. The molecule has 22 heavy (non-hydrogen) atoms. The van der Waals surface area contributed by atoms with Gasteiger partial charge in [0.05, 0.1) is 0 Å². The Bertz CT molecular complexity index is 767. The van der Waals surface area contributed by atoms with E-state index in [1.165, 1.54) is 44.7 Å². The van der Waals surface area contributed by atoms with Gasteiger partial charge in [0.1, 0.15) is 12.4 Å². The minimum Gasteiger partial charge on any atom is -0.493 e. The Kier molecular flexibility index (Phi) is 2.57. The van der Waals surface area contributed by atoms with Crippen LogP contribution in [0.1, 0.15) is 35.1 Å². The van der Waals surface area contributed by atoms with Crippen molar-refractivity contribution in [3.63, 3.8) is 0 Å². The minimum absolute atomic E-state index is 0.782. The van der Waals surface area contributed by atoms with E-state index in [4.69, 9.17) is 4.74 Å². The van der Waals surface area contributed by atoms with Crippen LogP contribution in [-0.4, -0.2) is 6.61 Å². The summed E-state index contributed by atoms with van der Waals surface area (Å²) in [5.41, 5.74) is 10.1. The molecule has 0 N–H and O–H groups in total. The number of rotatable bonds is 0. The first-order valence-corrected chi connectivity index (χ1v) is 8.17. The number of allylic oxidation sites excluding steroid dienone is 3. The van der Waals surface area contributed by atoms with Crippen molar-refractivity contribution in [2.75, 3.05) is 6.61 Å². The quantitative estimate of drug-likeness (QED) is 0.677. The van der Waals surface area contributed by atoms with Crippen molar-refractivity contribution in [3.8, 4) is 0 Å². The van der Waals surface area contributed by atoms with Crippen LogP contribution in [0.15, 0.2) is 59.9 Å². The lowest BCUT2D eigenvalue weighted by Crippen LogP contribution is -2.19. The van der Waals surface area contributed by atoms with Crippen molar-refractivity contribution in [2.45, 2.75) is 25.7 Å². The lowest BCUT2D eigenvalue weighted by molar-refractivity contribution is 0.223. The van der Waals surface area contributed by atoms with Crippen LogP contribution in [0, 0.1) is 0 Å². The molecule has 5 rings (SSSR count). The molecule has 1 aliphatic heterocycles. The summed E-state index contributed by atoms with van der Waals surface area (Å²) >= 11 is 0. The number of fused-ring (bicyclic) bond motifs is 5. The lowest BCUT2D eigenvalue weighted by atomic mass is 9.75. The van der Waals surface area contributed by atoms with Crippen LogP contribution in [0.3, 0.4) is 0 Å². The highest BCUT2D eigenvalue weighted by molar-refractivity contribution is 6.09. The summed E-state index contributed by atoms with van der Waals surface area (Å²) in [6.45, 7) is 0.782. The molecule has 0 unspecified atom stereocenters. The molecule has 0 atom stereocenters. The van der Waals surface area contributed by atoms with Crippen LogP contribution < -0.4 is 0 Å². The van der Waals surface area contributed by atoms with Gasteiger partial charge in [0.25, 0.3) is 0 Å². The highest BCUT2D eigenvalue weighted by Crippen LogP contribution is 2.48. The second-order valence-electron chi connectivity index (χ2n) is 6.38. The summed E-state index contributed by atoms with van der Waals surface area (Å²) in [6.07, 6.45) is 4.40.